The fraction of sp³-hybridized carbons (Fsp3) is 0.368. The number of aliphatic hydroxyl groups excluding tert-OH is 1. The molecule has 0 spiro atoms. The Hall–Kier alpha value is -2.60. The Labute approximate surface area is 146 Å². The highest BCUT2D eigenvalue weighted by atomic mass is 16.4. The van der Waals surface area contributed by atoms with Gasteiger partial charge in [0.05, 0.1) is 12.8 Å². The first kappa shape index (κ1) is 17.2. The van der Waals surface area contributed by atoms with Crippen molar-refractivity contribution in [2.75, 3.05) is 18.0 Å². The van der Waals surface area contributed by atoms with Gasteiger partial charge in [0, 0.05) is 12.2 Å². The number of aliphatic hydroxyl groups is 1. The molecular weight excluding hydrogens is 320 g/mol. The van der Waals surface area contributed by atoms with Crippen molar-refractivity contribution < 1.29 is 19.1 Å². The number of carbonyl (C=O) groups is 2. The molecule has 2 N–H and O–H groups in total. The number of benzene rings is 1. The van der Waals surface area contributed by atoms with E-state index in [4.69, 9.17) is 4.42 Å². The fourth-order valence-corrected chi connectivity index (χ4v) is 3.19. The van der Waals surface area contributed by atoms with Gasteiger partial charge >= 0.3 is 0 Å². The summed E-state index contributed by atoms with van der Waals surface area (Å²) in [4.78, 5) is 26.6. The Morgan fingerprint density at radius 3 is 2.72 bits per heavy atom. The van der Waals surface area contributed by atoms with Crippen LogP contribution in [0.3, 0.4) is 0 Å². The highest BCUT2D eigenvalue weighted by molar-refractivity contribution is 6.09. The minimum absolute atomic E-state index is 0.0136. The maximum atomic E-state index is 12.6. The van der Waals surface area contributed by atoms with Crippen LogP contribution in [0, 0.1) is 19.8 Å². The highest BCUT2D eigenvalue weighted by Gasteiger charge is 2.37. The molecule has 25 heavy (non-hydrogen) atoms. The van der Waals surface area contributed by atoms with Crippen LogP contribution in [0.2, 0.25) is 0 Å². The quantitative estimate of drug-likeness (QED) is 0.815. The molecule has 132 valence electrons. The Bertz CT molecular complexity index is 749. The molecule has 1 aliphatic rings. The van der Waals surface area contributed by atoms with E-state index in [1.165, 1.54) is 6.26 Å². The molecule has 1 fully saturated rings. The summed E-state index contributed by atoms with van der Waals surface area (Å²) in [6.07, 6.45) is 1.00. The molecule has 6 heteroatoms. The Kier molecular flexibility index (Phi) is 4.90. The van der Waals surface area contributed by atoms with Crippen molar-refractivity contribution >= 4 is 17.5 Å². The molecule has 1 aromatic carbocycles. The fourth-order valence-electron chi connectivity index (χ4n) is 3.19. The van der Waals surface area contributed by atoms with E-state index in [9.17, 15) is 14.7 Å². The minimum atomic E-state index is -0.925. The average molecular weight is 342 g/mol. The number of furan rings is 1. The zero-order valence-corrected chi connectivity index (χ0v) is 14.4. The van der Waals surface area contributed by atoms with Crippen LogP contribution >= 0.6 is 0 Å². The summed E-state index contributed by atoms with van der Waals surface area (Å²) in [5.74, 6) is -0.892. The predicted octanol–water partition coefficient (Wildman–Crippen LogP) is 2.10. The van der Waals surface area contributed by atoms with E-state index in [2.05, 4.69) is 5.32 Å². The van der Waals surface area contributed by atoms with Crippen LogP contribution in [0.25, 0.3) is 0 Å². The van der Waals surface area contributed by atoms with E-state index in [1.54, 1.807) is 17.0 Å². The summed E-state index contributed by atoms with van der Waals surface area (Å²) in [5, 5.41) is 12.6. The molecule has 2 heterocycles. The molecule has 1 aromatic heterocycles. The first-order valence-corrected chi connectivity index (χ1v) is 8.34. The van der Waals surface area contributed by atoms with Crippen LogP contribution in [-0.2, 0) is 9.59 Å². The van der Waals surface area contributed by atoms with Crippen molar-refractivity contribution in [1.29, 1.82) is 0 Å². The van der Waals surface area contributed by atoms with E-state index in [0.29, 0.717) is 18.7 Å². The maximum absolute atomic E-state index is 12.6. The molecule has 1 saturated heterocycles. The average Bonchev–Trinajstić information content (AvgIpc) is 3.21. The number of carbonyl (C=O) groups excluding carboxylic acids is 2. The summed E-state index contributed by atoms with van der Waals surface area (Å²) in [6.45, 7) is 4.49. The lowest BCUT2D eigenvalue weighted by atomic mass is 10.1. The standard InChI is InChI=1S/C19H22N2O4/c1-12-8-13(2)10-14(9-12)21-6-5-15(19(21)24)18(23)20-11-16(22)17-4-3-7-25-17/h3-4,7-10,15-16,22H,5-6,11H2,1-2H3,(H,20,23). The second-order valence-corrected chi connectivity index (χ2v) is 6.45. The smallest absolute Gasteiger partial charge is 0.239 e. The molecule has 0 bridgehead atoms. The second-order valence-electron chi connectivity index (χ2n) is 6.45. The van der Waals surface area contributed by atoms with Gasteiger partial charge in [-0.15, -0.1) is 0 Å². The van der Waals surface area contributed by atoms with E-state index < -0.39 is 12.0 Å². The maximum Gasteiger partial charge on any atom is 0.239 e. The van der Waals surface area contributed by atoms with Crippen LogP contribution in [0.1, 0.15) is 29.4 Å². The molecule has 2 unspecified atom stereocenters. The number of aryl methyl sites for hydroxylation is 2. The van der Waals surface area contributed by atoms with Gasteiger partial charge in [-0.05, 0) is 55.7 Å². The second kappa shape index (κ2) is 7.11. The van der Waals surface area contributed by atoms with Crippen LogP contribution in [0.15, 0.2) is 41.0 Å². The van der Waals surface area contributed by atoms with Gasteiger partial charge in [-0.25, -0.2) is 0 Å². The Morgan fingerprint density at radius 2 is 2.08 bits per heavy atom. The predicted molar refractivity (Wildman–Crippen MR) is 93.1 cm³/mol. The minimum Gasteiger partial charge on any atom is -0.467 e. The normalized spacial score (nSPS) is 18.4. The number of nitrogens with one attached hydrogen (secondary N) is 1. The first-order valence-electron chi connectivity index (χ1n) is 8.34. The lowest BCUT2D eigenvalue weighted by Crippen LogP contribution is -2.38. The van der Waals surface area contributed by atoms with Gasteiger partial charge in [-0.2, -0.15) is 0 Å². The largest absolute Gasteiger partial charge is 0.467 e. The van der Waals surface area contributed by atoms with Crippen molar-refractivity contribution in [2.45, 2.75) is 26.4 Å². The van der Waals surface area contributed by atoms with Crippen molar-refractivity contribution in [1.82, 2.24) is 5.32 Å². The topological polar surface area (TPSA) is 82.8 Å². The van der Waals surface area contributed by atoms with Crippen LogP contribution in [-0.4, -0.2) is 30.0 Å². The number of hydrogen-bond acceptors (Lipinski definition) is 4. The lowest BCUT2D eigenvalue weighted by molar-refractivity contribution is -0.132. The third-order valence-electron chi connectivity index (χ3n) is 4.38. The Morgan fingerprint density at radius 1 is 1.36 bits per heavy atom. The molecule has 6 nitrogen and oxygen atoms in total. The SMILES string of the molecule is Cc1cc(C)cc(N2CCC(C(=O)NCC(O)c3ccco3)C2=O)c1. The molecule has 2 atom stereocenters. The summed E-state index contributed by atoms with van der Waals surface area (Å²) in [6, 6.07) is 9.25. The number of rotatable bonds is 5. The summed E-state index contributed by atoms with van der Waals surface area (Å²) in [5.41, 5.74) is 2.99. The Balaban J connectivity index is 1.62. The number of amides is 2. The third-order valence-corrected chi connectivity index (χ3v) is 4.38. The van der Waals surface area contributed by atoms with Gasteiger partial charge in [-0.3, -0.25) is 9.59 Å². The molecule has 3 rings (SSSR count). The lowest BCUT2D eigenvalue weighted by Gasteiger charge is -2.18. The zero-order valence-electron chi connectivity index (χ0n) is 14.4. The van der Waals surface area contributed by atoms with Crippen molar-refractivity contribution in [2.24, 2.45) is 5.92 Å². The van der Waals surface area contributed by atoms with Gasteiger partial charge in [0.2, 0.25) is 11.8 Å². The molecule has 2 aromatic rings. The summed E-state index contributed by atoms with van der Waals surface area (Å²) < 4.78 is 5.09. The van der Waals surface area contributed by atoms with Crippen molar-refractivity contribution in [3.8, 4) is 0 Å². The molecule has 0 radical (unpaired) electrons. The van der Waals surface area contributed by atoms with E-state index in [0.717, 1.165) is 16.8 Å². The molecule has 1 aliphatic heterocycles. The van der Waals surface area contributed by atoms with Crippen LogP contribution in [0.5, 0.6) is 0 Å². The van der Waals surface area contributed by atoms with E-state index >= 15 is 0 Å². The van der Waals surface area contributed by atoms with Gasteiger partial charge in [-0.1, -0.05) is 6.07 Å². The van der Waals surface area contributed by atoms with Crippen LogP contribution in [0.4, 0.5) is 5.69 Å². The third kappa shape index (κ3) is 3.74. The van der Waals surface area contributed by atoms with Gasteiger partial charge in [0.15, 0.2) is 0 Å². The number of hydrogen-bond donors (Lipinski definition) is 2. The van der Waals surface area contributed by atoms with E-state index in [1.807, 2.05) is 32.0 Å². The highest BCUT2D eigenvalue weighted by Crippen LogP contribution is 2.27. The molecular formula is C19H22N2O4. The van der Waals surface area contributed by atoms with Crippen LogP contribution < -0.4 is 10.2 Å². The summed E-state index contributed by atoms with van der Waals surface area (Å²) >= 11 is 0. The van der Waals surface area contributed by atoms with Crippen molar-refractivity contribution in [3.63, 3.8) is 0 Å². The monoisotopic (exact) mass is 342 g/mol. The molecule has 0 aliphatic carbocycles. The van der Waals surface area contributed by atoms with Gasteiger partial charge in [0.25, 0.3) is 0 Å². The zero-order chi connectivity index (χ0) is 18.0. The number of nitrogens with zero attached hydrogens (tertiary/aromatic N) is 1. The van der Waals surface area contributed by atoms with E-state index in [-0.39, 0.29) is 18.4 Å². The number of anilines is 1. The van der Waals surface area contributed by atoms with Gasteiger partial charge in [0.1, 0.15) is 17.8 Å². The summed E-state index contributed by atoms with van der Waals surface area (Å²) in [7, 11) is 0. The molecule has 2 amide bonds. The first-order chi connectivity index (χ1) is 12.0. The molecule has 0 saturated carbocycles. The van der Waals surface area contributed by atoms with Crippen molar-refractivity contribution in [3.05, 3.63) is 53.5 Å². The van der Waals surface area contributed by atoms with Gasteiger partial charge < -0.3 is 19.7 Å².